The van der Waals surface area contributed by atoms with Crippen LogP contribution in [0.3, 0.4) is 0 Å². The Balaban J connectivity index is 3.32. The maximum Gasteiger partial charge on any atom is 0.458 e. The van der Waals surface area contributed by atoms with Crippen molar-refractivity contribution in [2.75, 3.05) is 0 Å². The van der Waals surface area contributed by atoms with E-state index in [-0.39, 0.29) is 8.59 Å². The molecule has 7 heteroatoms. The molecule has 0 aromatic heterocycles. The Morgan fingerprint density at radius 3 is 2.07 bits per heavy atom. The van der Waals surface area contributed by atoms with Gasteiger partial charge in [-0.3, -0.25) is 0 Å². The van der Waals surface area contributed by atoms with Gasteiger partial charge in [0.25, 0.3) is 0 Å². The minimum atomic E-state index is -5.61. The molecule has 1 aromatic carbocycles. The second-order valence-electron chi connectivity index (χ2n) is 2.70. The van der Waals surface area contributed by atoms with Gasteiger partial charge in [-0.1, -0.05) is 11.6 Å². The minimum Gasteiger partial charge on any atom is -0.191 e. The van der Waals surface area contributed by atoms with Gasteiger partial charge < -0.3 is 0 Å². The van der Waals surface area contributed by atoms with Crippen LogP contribution in [0.2, 0.25) is 5.02 Å². The van der Waals surface area contributed by atoms with Gasteiger partial charge >= 0.3 is 12.1 Å². The molecule has 0 unspecified atom stereocenters. The molecule has 15 heavy (non-hydrogen) atoms. The van der Waals surface area contributed by atoms with E-state index in [0.29, 0.717) is 6.07 Å². The van der Waals surface area contributed by atoms with Crippen molar-refractivity contribution in [2.24, 2.45) is 0 Å². The van der Waals surface area contributed by atoms with E-state index in [1.807, 2.05) is 0 Å². The van der Waals surface area contributed by atoms with E-state index in [2.05, 4.69) is 0 Å². The van der Waals surface area contributed by atoms with Crippen molar-refractivity contribution in [2.45, 2.75) is 12.1 Å². The molecule has 0 N–H and O–H groups in total. The molecule has 0 aliphatic rings. The number of halogens is 7. The standard InChI is InChI=1S/C8H3ClF5I/c9-4-1-2-6(15)5(3-4)7(10,11)8(12,13)14/h1-3H. The SMILES string of the molecule is FC(F)(F)C(F)(F)c1cc(Cl)ccc1I. The van der Waals surface area contributed by atoms with Crippen LogP contribution in [0.4, 0.5) is 22.0 Å². The van der Waals surface area contributed by atoms with Crippen LogP contribution in [0.15, 0.2) is 18.2 Å². The lowest BCUT2D eigenvalue weighted by Crippen LogP contribution is -2.34. The highest BCUT2D eigenvalue weighted by atomic mass is 127. The third-order valence-electron chi connectivity index (χ3n) is 1.62. The Morgan fingerprint density at radius 1 is 1.07 bits per heavy atom. The van der Waals surface area contributed by atoms with Crippen molar-refractivity contribution >= 4 is 34.2 Å². The first-order chi connectivity index (χ1) is 6.66. The summed E-state index contributed by atoms with van der Waals surface area (Å²) in [6.45, 7) is 0. The fourth-order valence-corrected chi connectivity index (χ4v) is 1.74. The first-order valence-corrected chi connectivity index (χ1v) is 5.02. The molecule has 84 valence electrons. The number of benzene rings is 1. The third-order valence-corrected chi connectivity index (χ3v) is 2.80. The van der Waals surface area contributed by atoms with E-state index in [1.54, 1.807) is 0 Å². The molecule has 0 aliphatic carbocycles. The van der Waals surface area contributed by atoms with E-state index in [0.717, 1.165) is 6.07 Å². The molecular weight excluding hydrogens is 353 g/mol. The molecule has 0 saturated heterocycles. The zero-order chi connectivity index (χ0) is 11.9. The monoisotopic (exact) mass is 356 g/mol. The molecular formula is C8H3ClF5I. The molecule has 0 nitrogen and oxygen atoms in total. The van der Waals surface area contributed by atoms with Crippen LogP contribution in [0.5, 0.6) is 0 Å². The molecule has 0 aliphatic heterocycles. The van der Waals surface area contributed by atoms with Crippen LogP contribution in [-0.4, -0.2) is 6.18 Å². The summed E-state index contributed by atoms with van der Waals surface area (Å²) in [6.07, 6.45) is -5.61. The normalized spacial score (nSPS) is 13.0. The van der Waals surface area contributed by atoms with Crippen LogP contribution in [0.25, 0.3) is 0 Å². The maximum atomic E-state index is 12.9. The number of alkyl halides is 5. The largest absolute Gasteiger partial charge is 0.458 e. The molecule has 0 fully saturated rings. The highest BCUT2D eigenvalue weighted by molar-refractivity contribution is 14.1. The number of hydrogen-bond donors (Lipinski definition) is 0. The van der Waals surface area contributed by atoms with Gasteiger partial charge in [-0.05, 0) is 40.8 Å². The third kappa shape index (κ3) is 2.52. The van der Waals surface area contributed by atoms with Gasteiger partial charge in [0.1, 0.15) is 0 Å². The van der Waals surface area contributed by atoms with Crippen molar-refractivity contribution in [3.63, 3.8) is 0 Å². The van der Waals surface area contributed by atoms with E-state index >= 15 is 0 Å². The molecule has 0 bridgehead atoms. The van der Waals surface area contributed by atoms with Gasteiger partial charge in [-0.25, -0.2) is 0 Å². The Labute approximate surface area is 101 Å². The predicted molar refractivity (Wildman–Crippen MR) is 54.1 cm³/mol. The quantitative estimate of drug-likeness (QED) is 0.510. The van der Waals surface area contributed by atoms with Crippen molar-refractivity contribution in [3.8, 4) is 0 Å². The van der Waals surface area contributed by atoms with E-state index in [1.165, 1.54) is 28.7 Å². The minimum absolute atomic E-state index is 0.158. The van der Waals surface area contributed by atoms with Crippen molar-refractivity contribution in [1.82, 2.24) is 0 Å². The molecule has 0 radical (unpaired) electrons. The molecule has 0 spiro atoms. The van der Waals surface area contributed by atoms with E-state index in [4.69, 9.17) is 11.6 Å². The first-order valence-electron chi connectivity index (χ1n) is 3.56. The summed E-state index contributed by atoms with van der Waals surface area (Å²) in [6, 6.07) is 2.98. The average molecular weight is 356 g/mol. The topological polar surface area (TPSA) is 0 Å². The van der Waals surface area contributed by atoms with Crippen molar-refractivity contribution in [1.29, 1.82) is 0 Å². The zero-order valence-corrected chi connectivity index (χ0v) is 9.79. The van der Waals surface area contributed by atoms with Crippen LogP contribution in [0, 0.1) is 3.57 Å². The smallest absolute Gasteiger partial charge is 0.191 e. The zero-order valence-electron chi connectivity index (χ0n) is 6.88. The lowest BCUT2D eigenvalue weighted by molar-refractivity contribution is -0.289. The Morgan fingerprint density at radius 2 is 1.60 bits per heavy atom. The molecule has 0 saturated carbocycles. The molecule has 1 rings (SSSR count). The number of rotatable bonds is 1. The van der Waals surface area contributed by atoms with Crippen LogP contribution in [0.1, 0.15) is 5.56 Å². The van der Waals surface area contributed by atoms with Gasteiger partial charge in [-0.15, -0.1) is 0 Å². The van der Waals surface area contributed by atoms with Gasteiger partial charge in [-0.2, -0.15) is 22.0 Å². The van der Waals surface area contributed by atoms with Gasteiger partial charge in [0.05, 0.1) is 0 Å². The van der Waals surface area contributed by atoms with Crippen LogP contribution in [-0.2, 0) is 5.92 Å². The summed E-state index contributed by atoms with van der Waals surface area (Å²) in [5.74, 6) is -4.88. The summed E-state index contributed by atoms with van der Waals surface area (Å²) in [4.78, 5) is 0. The summed E-state index contributed by atoms with van der Waals surface area (Å²) in [5.41, 5.74) is -1.12. The molecule has 0 amide bonds. The molecule has 1 aromatic rings. The van der Waals surface area contributed by atoms with E-state index in [9.17, 15) is 22.0 Å². The Hall–Kier alpha value is -0.110. The Bertz CT molecular complexity index is 374. The highest BCUT2D eigenvalue weighted by Gasteiger charge is 2.59. The van der Waals surface area contributed by atoms with Gasteiger partial charge in [0, 0.05) is 14.2 Å². The first kappa shape index (κ1) is 13.0. The second kappa shape index (κ2) is 4.04. The highest BCUT2D eigenvalue weighted by Crippen LogP contribution is 2.45. The van der Waals surface area contributed by atoms with Crippen molar-refractivity contribution < 1.29 is 22.0 Å². The Kier molecular flexibility index (Phi) is 3.49. The van der Waals surface area contributed by atoms with Crippen molar-refractivity contribution in [3.05, 3.63) is 32.4 Å². The van der Waals surface area contributed by atoms with E-state index < -0.39 is 17.7 Å². The summed E-state index contributed by atoms with van der Waals surface area (Å²) in [5, 5.41) is -0.158. The summed E-state index contributed by atoms with van der Waals surface area (Å²) < 4.78 is 61.8. The van der Waals surface area contributed by atoms with Gasteiger partial charge in [0.2, 0.25) is 0 Å². The molecule has 0 heterocycles. The summed E-state index contributed by atoms with van der Waals surface area (Å²) in [7, 11) is 0. The summed E-state index contributed by atoms with van der Waals surface area (Å²) >= 11 is 6.77. The second-order valence-corrected chi connectivity index (χ2v) is 4.29. The average Bonchev–Trinajstić information content (AvgIpc) is 2.07. The van der Waals surface area contributed by atoms with Crippen LogP contribution < -0.4 is 0 Å². The fourth-order valence-electron chi connectivity index (χ4n) is 0.891. The maximum absolute atomic E-state index is 12.9. The lowest BCUT2D eigenvalue weighted by atomic mass is 10.1. The van der Waals surface area contributed by atoms with Crippen LogP contribution >= 0.6 is 34.2 Å². The fraction of sp³-hybridized carbons (Fsp3) is 0.250. The molecule has 0 atom stereocenters. The predicted octanol–water partition coefficient (Wildman–Crippen LogP) is 4.60. The number of hydrogen-bond acceptors (Lipinski definition) is 0. The van der Waals surface area contributed by atoms with Gasteiger partial charge in [0.15, 0.2) is 0 Å². The lowest BCUT2D eigenvalue weighted by Gasteiger charge is -2.21.